The molecule has 3 aromatic carbocycles. The first-order valence-electron chi connectivity index (χ1n) is 10.3. The van der Waals surface area contributed by atoms with Gasteiger partial charge in [-0.1, -0.05) is 77.8 Å². The molecule has 0 bridgehead atoms. The Morgan fingerprint density at radius 3 is 2.09 bits per heavy atom. The van der Waals surface area contributed by atoms with Crippen LogP contribution in [0.5, 0.6) is 0 Å². The van der Waals surface area contributed by atoms with Gasteiger partial charge in [0.2, 0.25) is 11.8 Å². The van der Waals surface area contributed by atoms with Gasteiger partial charge in [-0.25, -0.2) is 0 Å². The molecule has 3 rings (SSSR count). The SMILES string of the molecule is CC(NC(=O)CNC(=O)CNC(=O)c1ccc(Cl)cc1Cl)c1ccc(-c2ccccc2)cc1. The van der Waals surface area contributed by atoms with E-state index in [4.69, 9.17) is 23.2 Å². The molecule has 0 spiro atoms. The predicted octanol–water partition coefficient (Wildman–Crippen LogP) is 4.38. The van der Waals surface area contributed by atoms with E-state index >= 15 is 0 Å². The van der Waals surface area contributed by atoms with Crippen molar-refractivity contribution in [1.29, 1.82) is 0 Å². The minimum absolute atomic E-state index is 0.186. The number of hydrogen-bond acceptors (Lipinski definition) is 3. The third kappa shape index (κ3) is 7.07. The van der Waals surface area contributed by atoms with Crippen LogP contribution in [0.15, 0.2) is 72.8 Å². The smallest absolute Gasteiger partial charge is 0.253 e. The highest BCUT2D eigenvalue weighted by atomic mass is 35.5. The van der Waals surface area contributed by atoms with E-state index in [0.717, 1.165) is 16.7 Å². The van der Waals surface area contributed by atoms with Crippen molar-refractivity contribution in [3.63, 3.8) is 0 Å². The van der Waals surface area contributed by atoms with Crippen molar-refractivity contribution in [3.8, 4) is 11.1 Å². The van der Waals surface area contributed by atoms with E-state index in [0.29, 0.717) is 5.02 Å². The maximum atomic E-state index is 12.2. The molecule has 0 aliphatic heterocycles. The molecule has 0 heterocycles. The summed E-state index contributed by atoms with van der Waals surface area (Å²) in [4.78, 5) is 36.3. The van der Waals surface area contributed by atoms with Crippen LogP contribution in [0.1, 0.15) is 28.9 Å². The molecule has 0 radical (unpaired) electrons. The van der Waals surface area contributed by atoms with Gasteiger partial charge in [0.05, 0.1) is 29.7 Å². The summed E-state index contributed by atoms with van der Waals surface area (Å²) >= 11 is 11.8. The second-order valence-corrected chi connectivity index (χ2v) is 8.20. The van der Waals surface area contributed by atoms with E-state index in [1.165, 1.54) is 18.2 Å². The van der Waals surface area contributed by atoms with E-state index in [1.807, 2.05) is 61.5 Å². The van der Waals surface area contributed by atoms with Crippen LogP contribution in [-0.4, -0.2) is 30.8 Å². The molecule has 0 aromatic heterocycles. The van der Waals surface area contributed by atoms with Crippen molar-refractivity contribution in [2.75, 3.05) is 13.1 Å². The molecule has 3 N–H and O–H groups in total. The van der Waals surface area contributed by atoms with Crippen molar-refractivity contribution >= 4 is 40.9 Å². The van der Waals surface area contributed by atoms with Gasteiger partial charge in [0.15, 0.2) is 0 Å². The summed E-state index contributed by atoms with van der Waals surface area (Å²) in [5.74, 6) is -1.35. The quantitative estimate of drug-likeness (QED) is 0.444. The van der Waals surface area contributed by atoms with Crippen LogP contribution in [0, 0.1) is 0 Å². The Hall–Kier alpha value is -3.35. The fraction of sp³-hybridized carbons (Fsp3) is 0.160. The van der Waals surface area contributed by atoms with Gasteiger partial charge in [0.1, 0.15) is 0 Å². The van der Waals surface area contributed by atoms with Crippen LogP contribution in [0.25, 0.3) is 11.1 Å². The molecule has 0 saturated carbocycles. The van der Waals surface area contributed by atoms with E-state index in [1.54, 1.807) is 0 Å². The zero-order valence-corrected chi connectivity index (χ0v) is 19.4. The zero-order chi connectivity index (χ0) is 23.8. The lowest BCUT2D eigenvalue weighted by Gasteiger charge is -2.15. The Balaban J connectivity index is 1.43. The zero-order valence-electron chi connectivity index (χ0n) is 17.9. The molecule has 8 heteroatoms. The molecule has 0 aliphatic rings. The molecular weight excluding hydrogens is 461 g/mol. The molecule has 1 atom stereocenters. The van der Waals surface area contributed by atoms with Crippen LogP contribution in [0.4, 0.5) is 0 Å². The number of carbonyl (C=O) groups is 3. The van der Waals surface area contributed by atoms with Gasteiger partial charge in [-0.15, -0.1) is 0 Å². The van der Waals surface area contributed by atoms with Gasteiger partial charge in [-0.3, -0.25) is 14.4 Å². The minimum Gasteiger partial charge on any atom is -0.348 e. The monoisotopic (exact) mass is 483 g/mol. The van der Waals surface area contributed by atoms with E-state index in [2.05, 4.69) is 16.0 Å². The summed E-state index contributed by atoms with van der Waals surface area (Å²) in [5.41, 5.74) is 3.36. The number of benzene rings is 3. The standard InChI is InChI=1S/C25H23Cl2N3O3/c1-16(17-7-9-19(10-8-17)18-5-3-2-4-6-18)30-24(32)15-28-23(31)14-29-25(33)21-12-11-20(26)13-22(21)27/h2-13,16H,14-15H2,1H3,(H,28,31)(H,29,33)(H,30,32). The van der Waals surface area contributed by atoms with Gasteiger partial charge >= 0.3 is 0 Å². The van der Waals surface area contributed by atoms with Gasteiger partial charge in [-0.05, 0) is 41.8 Å². The Morgan fingerprint density at radius 1 is 0.788 bits per heavy atom. The molecule has 6 nitrogen and oxygen atoms in total. The van der Waals surface area contributed by atoms with Crippen LogP contribution in [0.3, 0.4) is 0 Å². The second kappa shape index (κ2) is 11.5. The van der Waals surface area contributed by atoms with Crippen LogP contribution < -0.4 is 16.0 Å². The fourth-order valence-electron chi connectivity index (χ4n) is 3.14. The number of hydrogen-bond donors (Lipinski definition) is 3. The van der Waals surface area contributed by atoms with Gasteiger partial charge in [-0.2, -0.15) is 0 Å². The van der Waals surface area contributed by atoms with Crippen LogP contribution in [-0.2, 0) is 9.59 Å². The van der Waals surface area contributed by atoms with Gasteiger partial charge < -0.3 is 16.0 Å². The summed E-state index contributed by atoms with van der Waals surface area (Å²) in [5, 5.41) is 8.37. The van der Waals surface area contributed by atoms with E-state index < -0.39 is 11.8 Å². The third-order valence-corrected chi connectivity index (χ3v) is 5.47. The lowest BCUT2D eigenvalue weighted by atomic mass is 10.0. The average Bonchev–Trinajstić information content (AvgIpc) is 2.82. The summed E-state index contributed by atoms with van der Waals surface area (Å²) in [6.07, 6.45) is 0. The molecule has 0 aliphatic carbocycles. The predicted molar refractivity (Wildman–Crippen MR) is 130 cm³/mol. The van der Waals surface area contributed by atoms with E-state index in [-0.39, 0.29) is 35.6 Å². The van der Waals surface area contributed by atoms with Crippen molar-refractivity contribution in [3.05, 3.63) is 94.0 Å². The molecular formula is C25H23Cl2N3O3. The number of rotatable bonds is 8. The Bertz CT molecular complexity index is 1140. The normalized spacial score (nSPS) is 11.4. The average molecular weight is 484 g/mol. The molecule has 3 amide bonds. The van der Waals surface area contributed by atoms with Gasteiger partial charge in [0.25, 0.3) is 5.91 Å². The number of nitrogens with one attached hydrogen (secondary N) is 3. The summed E-state index contributed by atoms with van der Waals surface area (Å²) in [6.45, 7) is 1.37. The van der Waals surface area contributed by atoms with Crippen molar-refractivity contribution in [2.24, 2.45) is 0 Å². The summed E-state index contributed by atoms with van der Waals surface area (Å²) in [6, 6.07) is 22.2. The maximum absolute atomic E-state index is 12.2. The number of carbonyl (C=O) groups excluding carboxylic acids is 3. The summed E-state index contributed by atoms with van der Waals surface area (Å²) < 4.78 is 0. The van der Waals surface area contributed by atoms with Crippen molar-refractivity contribution < 1.29 is 14.4 Å². The maximum Gasteiger partial charge on any atom is 0.253 e. The van der Waals surface area contributed by atoms with Crippen molar-refractivity contribution in [1.82, 2.24) is 16.0 Å². The lowest BCUT2D eigenvalue weighted by molar-refractivity contribution is -0.125. The highest BCUT2D eigenvalue weighted by Crippen LogP contribution is 2.22. The summed E-state index contributed by atoms with van der Waals surface area (Å²) in [7, 11) is 0. The third-order valence-electron chi connectivity index (χ3n) is 4.93. The molecule has 0 saturated heterocycles. The highest BCUT2D eigenvalue weighted by Gasteiger charge is 2.14. The molecule has 3 aromatic rings. The second-order valence-electron chi connectivity index (χ2n) is 7.36. The van der Waals surface area contributed by atoms with Crippen molar-refractivity contribution in [2.45, 2.75) is 13.0 Å². The van der Waals surface area contributed by atoms with E-state index in [9.17, 15) is 14.4 Å². The molecule has 1 unspecified atom stereocenters. The first-order chi connectivity index (χ1) is 15.8. The molecule has 33 heavy (non-hydrogen) atoms. The Labute approximate surface area is 202 Å². The Morgan fingerprint density at radius 2 is 1.42 bits per heavy atom. The first kappa shape index (κ1) is 24.3. The van der Waals surface area contributed by atoms with Crippen LogP contribution in [0.2, 0.25) is 10.0 Å². The van der Waals surface area contributed by atoms with Gasteiger partial charge in [0, 0.05) is 5.02 Å². The Kier molecular flexibility index (Phi) is 8.46. The lowest BCUT2D eigenvalue weighted by Crippen LogP contribution is -2.42. The number of amides is 3. The fourth-order valence-corrected chi connectivity index (χ4v) is 3.64. The topological polar surface area (TPSA) is 87.3 Å². The minimum atomic E-state index is -0.510. The molecule has 170 valence electrons. The van der Waals surface area contributed by atoms with Crippen LogP contribution >= 0.6 is 23.2 Å². The highest BCUT2D eigenvalue weighted by molar-refractivity contribution is 6.36. The molecule has 0 fully saturated rings. The largest absolute Gasteiger partial charge is 0.348 e. The first-order valence-corrected chi connectivity index (χ1v) is 11.0. The number of halogens is 2.